The molecule has 1 heterocycles. The van der Waals surface area contributed by atoms with Gasteiger partial charge in [0.15, 0.2) is 0 Å². The first-order valence-electron chi connectivity index (χ1n) is 4.76. The summed E-state index contributed by atoms with van der Waals surface area (Å²) in [5.74, 6) is 0. The van der Waals surface area contributed by atoms with E-state index in [-0.39, 0.29) is 0 Å². The number of hydrogen-bond acceptors (Lipinski definition) is 2. The zero-order valence-electron chi connectivity index (χ0n) is 8.58. The third-order valence-corrected chi connectivity index (χ3v) is 4.02. The van der Waals surface area contributed by atoms with Gasteiger partial charge in [0.25, 0.3) is 0 Å². The molecule has 1 aromatic carbocycles. The van der Waals surface area contributed by atoms with Crippen LogP contribution in [0, 0.1) is 6.92 Å². The summed E-state index contributed by atoms with van der Waals surface area (Å²) in [6.07, 6.45) is -0.648. The van der Waals surface area contributed by atoms with Crippen molar-refractivity contribution in [1.82, 2.24) is 0 Å². The van der Waals surface area contributed by atoms with Crippen LogP contribution < -0.4 is 0 Å². The maximum absolute atomic E-state index is 10.2. The molecular formula is C12H10BrClOS. The lowest BCUT2D eigenvalue weighted by Crippen LogP contribution is -1.98. The quantitative estimate of drug-likeness (QED) is 0.861. The second-order valence-electron chi connectivity index (χ2n) is 3.56. The lowest BCUT2D eigenvalue weighted by molar-refractivity contribution is 0.221. The van der Waals surface area contributed by atoms with E-state index < -0.39 is 6.10 Å². The highest BCUT2D eigenvalue weighted by atomic mass is 79.9. The summed E-state index contributed by atoms with van der Waals surface area (Å²) in [6, 6.07) is 7.49. The standard InChI is InChI=1S/C12H10BrClOS/c1-7-4-8(6-16-7)12(15)10-3-2-9(13)5-11(10)14/h2-6,12,15H,1H3. The van der Waals surface area contributed by atoms with E-state index in [4.69, 9.17) is 11.6 Å². The maximum Gasteiger partial charge on any atom is 0.106 e. The van der Waals surface area contributed by atoms with Gasteiger partial charge in [0.1, 0.15) is 6.10 Å². The first-order chi connectivity index (χ1) is 7.58. The Balaban J connectivity index is 2.37. The van der Waals surface area contributed by atoms with Crippen molar-refractivity contribution in [2.24, 2.45) is 0 Å². The molecule has 4 heteroatoms. The Morgan fingerprint density at radius 3 is 2.69 bits per heavy atom. The summed E-state index contributed by atoms with van der Waals surface area (Å²) in [6.45, 7) is 2.02. The Hall–Kier alpha value is -0.350. The topological polar surface area (TPSA) is 20.2 Å². The molecular weight excluding hydrogens is 308 g/mol. The molecule has 0 spiro atoms. The van der Waals surface area contributed by atoms with Crippen LogP contribution in [-0.2, 0) is 0 Å². The number of aliphatic hydroxyl groups is 1. The van der Waals surface area contributed by atoms with Crippen LogP contribution >= 0.6 is 38.9 Å². The van der Waals surface area contributed by atoms with Gasteiger partial charge in [0.05, 0.1) is 0 Å². The predicted molar refractivity (Wildman–Crippen MR) is 72.3 cm³/mol. The van der Waals surface area contributed by atoms with Gasteiger partial charge >= 0.3 is 0 Å². The normalized spacial score (nSPS) is 12.8. The van der Waals surface area contributed by atoms with Crippen LogP contribution in [0.3, 0.4) is 0 Å². The highest BCUT2D eigenvalue weighted by molar-refractivity contribution is 9.10. The van der Waals surface area contributed by atoms with E-state index in [1.165, 1.54) is 4.88 Å². The minimum absolute atomic E-state index is 0.575. The number of hydrogen-bond donors (Lipinski definition) is 1. The lowest BCUT2D eigenvalue weighted by atomic mass is 10.0. The lowest BCUT2D eigenvalue weighted by Gasteiger charge is -2.11. The zero-order chi connectivity index (χ0) is 11.7. The molecule has 1 atom stereocenters. The minimum Gasteiger partial charge on any atom is -0.384 e. The fraction of sp³-hybridized carbons (Fsp3) is 0.167. The average Bonchev–Trinajstić information content (AvgIpc) is 2.64. The molecule has 1 nitrogen and oxygen atoms in total. The molecule has 1 N–H and O–H groups in total. The van der Waals surface area contributed by atoms with E-state index >= 15 is 0 Å². The Morgan fingerprint density at radius 1 is 1.38 bits per heavy atom. The second kappa shape index (κ2) is 4.88. The number of aliphatic hydroxyl groups excluding tert-OH is 1. The molecule has 0 radical (unpaired) electrons. The summed E-state index contributed by atoms with van der Waals surface area (Å²) >= 11 is 11.1. The van der Waals surface area contributed by atoms with E-state index in [0.29, 0.717) is 5.02 Å². The van der Waals surface area contributed by atoms with Crippen LogP contribution in [0.5, 0.6) is 0 Å². The van der Waals surface area contributed by atoms with Crippen molar-refractivity contribution in [1.29, 1.82) is 0 Å². The van der Waals surface area contributed by atoms with E-state index in [0.717, 1.165) is 15.6 Å². The molecule has 1 unspecified atom stereocenters. The first-order valence-corrected chi connectivity index (χ1v) is 6.81. The number of aryl methyl sites for hydroxylation is 1. The molecule has 1 aromatic heterocycles. The van der Waals surface area contributed by atoms with Gasteiger partial charge in [-0.1, -0.05) is 33.6 Å². The third-order valence-electron chi connectivity index (χ3n) is 2.32. The van der Waals surface area contributed by atoms with Gasteiger partial charge in [-0.25, -0.2) is 0 Å². The smallest absolute Gasteiger partial charge is 0.106 e. The predicted octanol–water partition coefficient (Wildman–Crippen LogP) is 4.55. The molecule has 84 valence electrons. The van der Waals surface area contributed by atoms with Gasteiger partial charge in [0.2, 0.25) is 0 Å². The van der Waals surface area contributed by atoms with E-state index in [9.17, 15) is 5.11 Å². The molecule has 0 amide bonds. The van der Waals surface area contributed by atoms with Crippen molar-refractivity contribution in [3.05, 3.63) is 55.1 Å². The van der Waals surface area contributed by atoms with Crippen LogP contribution in [0.4, 0.5) is 0 Å². The molecule has 0 saturated carbocycles. The van der Waals surface area contributed by atoms with Gasteiger partial charge in [-0.05, 0) is 36.1 Å². The summed E-state index contributed by atoms with van der Waals surface area (Å²) < 4.78 is 0.912. The average molecular weight is 318 g/mol. The SMILES string of the molecule is Cc1cc(C(O)c2ccc(Br)cc2Cl)cs1. The number of halogens is 2. The summed E-state index contributed by atoms with van der Waals surface area (Å²) in [5, 5.41) is 12.7. The van der Waals surface area contributed by atoms with Gasteiger partial charge < -0.3 is 5.11 Å². The van der Waals surface area contributed by atoms with Crippen molar-refractivity contribution in [3.63, 3.8) is 0 Å². The van der Waals surface area contributed by atoms with Gasteiger partial charge in [-0.2, -0.15) is 0 Å². The molecule has 0 fully saturated rings. The van der Waals surface area contributed by atoms with Gasteiger partial charge in [-0.15, -0.1) is 11.3 Å². The second-order valence-corrected chi connectivity index (χ2v) is 6.00. The van der Waals surface area contributed by atoms with Crippen LogP contribution in [0.2, 0.25) is 5.02 Å². The molecule has 2 aromatic rings. The zero-order valence-corrected chi connectivity index (χ0v) is 11.7. The van der Waals surface area contributed by atoms with Crippen molar-refractivity contribution in [2.75, 3.05) is 0 Å². The number of thiophene rings is 1. The highest BCUT2D eigenvalue weighted by Crippen LogP contribution is 2.32. The Morgan fingerprint density at radius 2 is 2.12 bits per heavy atom. The molecule has 0 aliphatic carbocycles. The van der Waals surface area contributed by atoms with E-state index in [2.05, 4.69) is 15.9 Å². The van der Waals surface area contributed by atoms with Gasteiger partial charge in [-0.3, -0.25) is 0 Å². The fourth-order valence-electron chi connectivity index (χ4n) is 1.51. The first kappa shape index (κ1) is 12.1. The monoisotopic (exact) mass is 316 g/mol. The number of benzene rings is 1. The molecule has 2 rings (SSSR count). The van der Waals surface area contributed by atoms with Crippen LogP contribution in [0.1, 0.15) is 22.1 Å². The van der Waals surface area contributed by atoms with Crippen molar-refractivity contribution < 1.29 is 5.11 Å². The largest absolute Gasteiger partial charge is 0.384 e. The molecule has 0 aliphatic rings. The molecule has 0 bridgehead atoms. The van der Waals surface area contributed by atoms with Crippen molar-refractivity contribution >= 4 is 38.9 Å². The third kappa shape index (κ3) is 2.48. The number of rotatable bonds is 2. The van der Waals surface area contributed by atoms with Crippen LogP contribution in [-0.4, -0.2) is 5.11 Å². The van der Waals surface area contributed by atoms with Crippen LogP contribution in [0.15, 0.2) is 34.1 Å². The Labute approximate surface area is 112 Å². The Bertz CT molecular complexity index is 509. The fourth-order valence-corrected chi connectivity index (χ4v) is 3.01. The maximum atomic E-state index is 10.2. The van der Waals surface area contributed by atoms with Gasteiger partial charge in [0, 0.05) is 19.9 Å². The van der Waals surface area contributed by atoms with E-state index in [1.807, 2.05) is 30.5 Å². The molecule has 16 heavy (non-hydrogen) atoms. The molecule has 0 aliphatic heterocycles. The summed E-state index contributed by atoms with van der Waals surface area (Å²) in [5.41, 5.74) is 1.63. The highest BCUT2D eigenvalue weighted by Gasteiger charge is 2.15. The van der Waals surface area contributed by atoms with Crippen LogP contribution in [0.25, 0.3) is 0 Å². The molecule has 0 saturated heterocycles. The summed E-state index contributed by atoms with van der Waals surface area (Å²) in [4.78, 5) is 1.18. The minimum atomic E-state index is -0.648. The van der Waals surface area contributed by atoms with Crippen molar-refractivity contribution in [3.8, 4) is 0 Å². The van der Waals surface area contributed by atoms with Crippen molar-refractivity contribution in [2.45, 2.75) is 13.0 Å². The Kier molecular flexibility index (Phi) is 3.70. The summed E-state index contributed by atoms with van der Waals surface area (Å²) in [7, 11) is 0. The van der Waals surface area contributed by atoms with E-state index in [1.54, 1.807) is 17.4 Å².